The third kappa shape index (κ3) is 2.65. The molecule has 0 aliphatic heterocycles. The number of aryl methyl sites for hydroxylation is 1. The molecular weight excluding hydrogens is 300 g/mol. The van der Waals surface area contributed by atoms with Gasteiger partial charge in [0.15, 0.2) is 0 Å². The standard InChI is InChI=1S/C20H18N2O2/c1-3-22-18-8-6-5-7-16(18)17-12-14(9-10-19(17)22)11-15(13-21)20(23)24-4-2/h5-12H,3-4H2,1-2H3/b15-11-. The van der Waals surface area contributed by atoms with Crippen molar-refractivity contribution < 1.29 is 9.53 Å². The largest absolute Gasteiger partial charge is 0.462 e. The van der Waals surface area contributed by atoms with Crippen molar-refractivity contribution in [3.05, 3.63) is 53.6 Å². The number of para-hydroxylation sites is 1. The van der Waals surface area contributed by atoms with Crippen molar-refractivity contribution >= 4 is 33.9 Å². The number of hydrogen-bond acceptors (Lipinski definition) is 3. The van der Waals surface area contributed by atoms with E-state index < -0.39 is 5.97 Å². The van der Waals surface area contributed by atoms with Gasteiger partial charge in [-0.25, -0.2) is 4.79 Å². The number of hydrogen-bond donors (Lipinski definition) is 0. The van der Waals surface area contributed by atoms with E-state index in [9.17, 15) is 10.1 Å². The number of carbonyl (C=O) groups is 1. The molecule has 0 bridgehead atoms. The van der Waals surface area contributed by atoms with E-state index in [1.54, 1.807) is 13.0 Å². The van der Waals surface area contributed by atoms with E-state index >= 15 is 0 Å². The van der Waals surface area contributed by atoms with E-state index in [2.05, 4.69) is 23.6 Å². The molecule has 0 spiro atoms. The lowest BCUT2D eigenvalue weighted by molar-refractivity contribution is -0.137. The Hall–Kier alpha value is -3.06. The Morgan fingerprint density at radius 1 is 1.17 bits per heavy atom. The lowest BCUT2D eigenvalue weighted by atomic mass is 10.1. The highest BCUT2D eigenvalue weighted by molar-refractivity contribution is 6.09. The predicted octanol–water partition coefficient (Wildman–Crippen LogP) is 4.28. The summed E-state index contributed by atoms with van der Waals surface area (Å²) >= 11 is 0. The zero-order chi connectivity index (χ0) is 17.1. The van der Waals surface area contributed by atoms with Crippen LogP contribution in [0.25, 0.3) is 27.9 Å². The second kappa shape index (κ2) is 6.59. The molecule has 0 atom stereocenters. The number of rotatable bonds is 4. The van der Waals surface area contributed by atoms with Crippen molar-refractivity contribution in [2.45, 2.75) is 20.4 Å². The maximum atomic E-state index is 11.8. The van der Waals surface area contributed by atoms with Crippen LogP contribution in [0.15, 0.2) is 48.0 Å². The van der Waals surface area contributed by atoms with Crippen molar-refractivity contribution in [3.63, 3.8) is 0 Å². The fourth-order valence-corrected chi connectivity index (χ4v) is 3.01. The molecule has 4 nitrogen and oxygen atoms in total. The van der Waals surface area contributed by atoms with Gasteiger partial charge in [-0.3, -0.25) is 0 Å². The molecule has 0 fully saturated rings. The van der Waals surface area contributed by atoms with Crippen molar-refractivity contribution in [1.82, 2.24) is 4.57 Å². The molecule has 2 aromatic carbocycles. The smallest absolute Gasteiger partial charge is 0.348 e. The first-order chi connectivity index (χ1) is 11.7. The van der Waals surface area contributed by atoms with Crippen LogP contribution in [0.3, 0.4) is 0 Å². The van der Waals surface area contributed by atoms with Gasteiger partial charge < -0.3 is 9.30 Å². The third-order valence-electron chi connectivity index (χ3n) is 4.04. The van der Waals surface area contributed by atoms with Gasteiger partial charge in [-0.1, -0.05) is 24.3 Å². The Bertz CT molecular complexity index is 990. The van der Waals surface area contributed by atoms with E-state index in [1.807, 2.05) is 36.4 Å². The molecule has 0 radical (unpaired) electrons. The van der Waals surface area contributed by atoms with Crippen molar-refractivity contribution in [3.8, 4) is 6.07 Å². The normalized spacial score (nSPS) is 11.6. The van der Waals surface area contributed by atoms with Gasteiger partial charge in [0, 0.05) is 28.4 Å². The highest BCUT2D eigenvalue weighted by atomic mass is 16.5. The maximum Gasteiger partial charge on any atom is 0.348 e. The van der Waals surface area contributed by atoms with Crippen LogP contribution in [0.2, 0.25) is 0 Å². The molecule has 3 rings (SSSR count). The van der Waals surface area contributed by atoms with Crippen LogP contribution < -0.4 is 0 Å². The summed E-state index contributed by atoms with van der Waals surface area (Å²) in [6, 6.07) is 16.1. The summed E-state index contributed by atoms with van der Waals surface area (Å²) in [4.78, 5) is 11.8. The summed E-state index contributed by atoms with van der Waals surface area (Å²) in [6.07, 6.45) is 1.58. The maximum absolute atomic E-state index is 11.8. The number of nitriles is 1. The summed E-state index contributed by atoms with van der Waals surface area (Å²) in [5.74, 6) is -0.587. The zero-order valence-electron chi connectivity index (χ0n) is 13.7. The van der Waals surface area contributed by atoms with Gasteiger partial charge in [-0.15, -0.1) is 0 Å². The number of benzene rings is 2. The highest BCUT2D eigenvalue weighted by Crippen LogP contribution is 2.30. The first-order valence-electron chi connectivity index (χ1n) is 7.99. The lowest BCUT2D eigenvalue weighted by Crippen LogP contribution is -2.05. The fraction of sp³-hybridized carbons (Fsp3) is 0.200. The first-order valence-corrected chi connectivity index (χ1v) is 7.99. The Labute approximate surface area is 140 Å². The molecule has 0 aliphatic rings. The topological polar surface area (TPSA) is 55.0 Å². The molecule has 0 saturated heterocycles. The molecule has 3 aromatic rings. The minimum Gasteiger partial charge on any atom is -0.462 e. The third-order valence-corrected chi connectivity index (χ3v) is 4.04. The van der Waals surface area contributed by atoms with Crippen LogP contribution in [-0.4, -0.2) is 17.1 Å². The van der Waals surface area contributed by atoms with Crippen LogP contribution in [0.1, 0.15) is 19.4 Å². The molecule has 0 unspecified atom stereocenters. The lowest BCUT2D eigenvalue weighted by Gasteiger charge is -2.03. The van der Waals surface area contributed by atoms with Gasteiger partial charge in [-0.05, 0) is 43.7 Å². The molecule has 4 heteroatoms. The van der Waals surface area contributed by atoms with E-state index in [0.717, 1.165) is 23.0 Å². The highest BCUT2D eigenvalue weighted by Gasteiger charge is 2.12. The summed E-state index contributed by atoms with van der Waals surface area (Å²) in [5.41, 5.74) is 3.15. The molecule has 120 valence electrons. The van der Waals surface area contributed by atoms with Gasteiger partial charge in [-0.2, -0.15) is 5.26 Å². The van der Waals surface area contributed by atoms with Crippen LogP contribution in [-0.2, 0) is 16.1 Å². The van der Waals surface area contributed by atoms with Gasteiger partial charge in [0.1, 0.15) is 11.6 Å². The summed E-state index contributed by atoms with van der Waals surface area (Å²) in [5, 5.41) is 11.5. The molecule has 24 heavy (non-hydrogen) atoms. The van der Waals surface area contributed by atoms with Gasteiger partial charge in [0.25, 0.3) is 0 Å². The first kappa shape index (κ1) is 15.8. The second-order valence-electron chi connectivity index (χ2n) is 5.43. The van der Waals surface area contributed by atoms with E-state index in [-0.39, 0.29) is 12.2 Å². The Balaban J connectivity index is 2.17. The number of nitrogens with zero attached hydrogens (tertiary/aromatic N) is 2. The SMILES string of the molecule is CCOC(=O)/C(C#N)=C\c1ccc2c(c1)c1ccccc1n2CC. The van der Waals surface area contributed by atoms with Crippen LogP contribution in [0.5, 0.6) is 0 Å². The van der Waals surface area contributed by atoms with Crippen molar-refractivity contribution in [2.24, 2.45) is 0 Å². The van der Waals surface area contributed by atoms with Crippen LogP contribution in [0, 0.1) is 11.3 Å². The summed E-state index contributed by atoms with van der Waals surface area (Å²) < 4.78 is 7.17. The molecule has 0 aliphatic carbocycles. The molecular formula is C20H18N2O2. The molecule has 1 heterocycles. The number of aromatic nitrogens is 1. The Morgan fingerprint density at radius 3 is 2.62 bits per heavy atom. The molecule has 0 amide bonds. The van der Waals surface area contributed by atoms with Crippen molar-refractivity contribution in [2.75, 3.05) is 6.61 Å². The minimum absolute atomic E-state index is 0.00966. The van der Waals surface area contributed by atoms with Gasteiger partial charge in [0.05, 0.1) is 6.61 Å². The summed E-state index contributed by atoms with van der Waals surface area (Å²) in [6.45, 7) is 4.97. The monoisotopic (exact) mass is 318 g/mol. The Morgan fingerprint density at radius 2 is 1.92 bits per heavy atom. The quantitative estimate of drug-likeness (QED) is 0.410. The van der Waals surface area contributed by atoms with E-state index in [0.29, 0.717) is 0 Å². The number of fused-ring (bicyclic) bond motifs is 3. The minimum atomic E-state index is -0.587. The number of ether oxygens (including phenoxy) is 1. The zero-order valence-corrected chi connectivity index (χ0v) is 13.7. The average molecular weight is 318 g/mol. The second-order valence-corrected chi connectivity index (χ2v) is 5.43. The van der Waals surface area contributed by atoms with Gasteiger partial charge >= 0.3 is 5.97 Å². The number of carbonyl (C=O) groups excluding carboxylic acids is 1. The summed E-state index contributed by atoms with van der Waals surface area (Å²) in [7, 11) is 0. The fourth-order valence-electron chi connectivity index (χ4n) is 3.01. The molecule has 0 saturated carbocycles. The van der Waals surface area contributed by atoms with Crippen LogP contribution in [0.4, 0.5) is 0 Å². The molecule has 0 N–H and O–H groups in total. The van der Waals surface area contributed by atoms with Crippen molar-refractivity contribution in [1.29, 1.82) is 5.26 Å². The van der Waals surface area contributed by atoms with Crippen LogP contribution >= 0.6 is 0 Å². The van der Waals surface area contributed by atoms with Gasteiger partial charge in [0.2, 0.25) is 0 Å². The van der Waals surface area contributed by atoms with E-state index in [1.165, 1.54) is 10.9 Å². The molecule has 1 aromatic heterocycles. The average Bonchev–Trinajstić information content (AvgIpc) is 2.93. The van der Waals surface area contributed by atoms with E-state index in [4.69, 9.17) is 4.74 Å². The number of esters is 1. The Kier molecular flexibility index (Phi) is 4.35. The predicted molar refractivity (Wildman–Crippen MR) is 95.3 cm³/mol.